The lowest BCUT2D eigenvalue weighted by Crippen LogP contribution is -2.41. The number of imidazole rings is 2. The van der Waals surface area contributed by atoms with Crippen molar-refractivity contribution in [1.29, 1.82) is 0 Å². The number of carbonyl (C=O) groups excluding carboxylic acids is 3. The molecule has 64 heavy (non-hydrogen) atoms. The van der Waals surface area contributed by atoms with Crippen molar-refractivity contribution >= 4 is 51.8 Å². The molecule has 4 amide bonds. The van der Waals surface area contributed by atoms with Crippen LogP contribution in [0.15, 0.2) is 54.6 Å². The van der Waals surface area contributed by atoms with Crippen molar-refractivity contribution in [1.82, 2.24) is 45.7 Å². The number of carbonyl (C=O) groups is 4. The number of ether oxygens (including phenoxy) is 1. The molecule has 4 aliphatic heterocycles. The number of halogens is 1. The molecule has 4 aliphatic rings. The molecule has 0 bridgehead atoms. The van der Waals surface area contributed by atoms with Crippen LogP contribution < -0.4 is 20.9 Å². The highest BCUT2D eigenvalue weighted by atomic mass is 19.1. The predicted molar refractivity (Wildman–Crippen MR) is 238 cm³/mol. The highest BCUT2D eigenvalue weighted by Crippen LogP contribution is 2.46. The Hall–Kier alpha value is -6.23. The van der Waals surface area contributed by atoms with Gasteiger partial charge in [-0.15, -0.1) is 0 Å². The number of alkyl carbamates (subject to hydrolysis) is 1. The highest BCUT2D eigenvalue weighted by Gasteiger charge is 2.43. The van der Waals surface area contributed by atoms with Gasteiger partial charge >= 0.3 is 12.2 Å². The van der Waals surface area contributed by atoms with E-state index in [4.69, 9.17) is 19.8 Å². The van der Waals surface area contributed by atoms with Crippen molar-refractivity contribution in [2.45, 2.75) is 108 Å². The Kier molecular flexibility index (Phi) is 11.7. The number of amides is 4. The van der Waals surface area contributed by atoms with E-state index < -0.39 is 23.3 Å². The lowest BCUT2D eigenvalue weighted by molar-refractivity contribution is -0.132. The molecule has 4 fully saturated rings. The summed E-state index contributed by atoms with van der Waals surface area (Å²) in [6.45, 7) is 7.59. The van der Waals surface area contributed by atoms with Gasteiger partial charge in [0.2, 0.25) is 11.8 Å². The second-order valence-corrected chi connectivity index (χ2v) is 18.6. The minimum absolute atomic E-state index is 0.102. The first kappa shape index (κ1) is 43.0. The van der Waals surface area contributed by atoms with E-state index in [1.165, 1.54) is 0 Å². The van der Waals surface area contributed by atoms with Gasteiger partial charge in [0.25, 0.3) is 0 Å². The molecule has 338 valence electrons. The number of nitrogens with zero attached hydrogens (tertiary/aromatic N) is 5. The highest BCUT2D eigenvalue weighted by molar-refractivity contribution is 5.84. The number of piperidine rings is 1. The molecule has 3 aromatic carbocycles. The van der Waals surface area contributed by atoms with E-state index in [2.05, 4.69) is 61.2 Å². The van der Waals surface area contributed by atoms with Gasteiger partial charge in [-0.3, -0.25) is 14.9 Å². The average molecular weight is 877 g/mol. The van der Waals surface area contributed by atoms with Gasteiger partial charge in [-0.2, -0.15) is 0 Å². The van der Waals surface area contributed by atoms with Crippen LogP contribution >= 0.6 is 0 Å². The maximum absolute atomic E-state index is 16.3. The Morgan fingerprint density at radius 3 is 1.98 bits per heavy atom. The summed E-state index contributed by atoms with van der Waals surface area (Å²) < 4.78 is 21.6. The van der Waals surface area contributed by atoms with Crippen LogP contribution in [0.1, 0.15) is 125 Å². The van der Waals surface area contributed by atoms with Crippen LogP contribution in [0.2, 0.25) is 0 Å². The normalized spacial score (nSPS) is 22.7. The third kappa shape index (κ3) is 8.69. The molecular formula is C47H57FN10O6. The zero-order chi connectivity index (χ0) is 44.8. The van der Waals surface area contributed by atoms with Crippen LogP contribution in [-0.4, -0.2) is 104 Å². The van der Waals surface area contributed by atoms with Crippen LogP contribution in [-0.2, 0) is 19.9 Å². The molecule has 2 aromatic heterocycles. The number of fused-ring (bicyclic) bond motifs is 2. The molecule has 4 atom stereocenters. The van der Waals surface area contributed by atoms with Gasteiger partial charge in [0.05, 0.1) is 45.4 Å². The summed E-state index contributed by atoms with van der Waals surface area (Å²) in [7, 11) is 0. The number of rotatable bonds is 10. The topological polar surface area (TPSA) is 201 Å². The molecule has 0 saturated carbocycles. The van der Waals surface area contributed by atoms with E-state index in [1.54, 1.807) is 36.6 Å². The van der Waals surface area contributed by atoms with Crippen molar-refractivity contribution in [2.75, 3.05) is 44.2 Å². The summed E-state index contributed by atoms with van der Waals surface area (Å²) in [5.74, 6) is 0.593. The maximum atomic E-state index is 16.3. The molecule has 9 rings (SSSR count). The van der Waals surface area contributed by atoms with Crippen molar-refractivity contribution in [3.63, 3.8) is 0 Å². The molecule has 16 nitrogen and oxygen atoms in total. The fraction of sp³-hybridized carbons (Fsp3) is 0.489. The number of benzene rings is 3. The number of H-pyrrole nitrogens is 2. The van der Waals surface area contributed by atoms with Crippen molar-refractivity contribution in [3.8, 4) is 0 Å². The minimum atomic E-state index is -1.25. The molecule has 17 heteroatoms. The van der Waals surface area contributed by atoms with E-state index in [1.807, 2.05) is 18.2 Å². The van der Waals surface area contributed by atoms with Gasteiger partial charge in [0, 0.05) is 32.2 Å². The van der Waals surface area contributed by atoms with Crippen LogP contribution in [0.25, 0.3) is 22.1 Å². The van der Waals surface area contributed by atoms with E-state index in [0.717, 1.165) is 96.8 Å². The first-order valence-corrected chi connectivity index (χ1v) is 22.6. The predicted octanol–water partition coefficient (Wildman–Crippen LogP) is 7.06. The first-order chi connectivity index (χ1) is 30.7. The zero-order valence-electron chi connectivity index (χ0n) is 36.6. The third-order valence-electron chi connectivity index (χ3n) is 13.2. The van der Waals surface area contributed by atoms with Gasteiger partial charge in [-0.25, -0.2) is 23.9 Å². The summed E-state index contributed by atoms with van der Waals surface area (Å²) >= 11 is 0. The van der Waals surface area contributed by atoms with E-state index >= 15 is 4.39 Å². The molecular weight excluding hydrogens is 820 g/mol. The van der Waals surface area contributed by atoms with Crippen molar-refractivity contribution in [3.05, 3.63) is 88.8 Å². The maximum Gasteiger partial charge on any atom is 0.408 e. The Labute approximate surface area is 370 Å². The number of hydrogen-bond acceptors (Lipinski definition) is 9. The van der Waals surface area contributed by atoms with Crippen LogP contribution in [0, 0.1) is 5.82 Å². The van der Waals surface area contributed by atoms with Gasteiger partial charge in [0.1, 0.15) is 36.2 Å². The minimum Gasteiger partial charge on any atom is -0.465 e. The largest absolute Gasteiger partial charge is 0.465 e. The summed E-state index contributed by atoms with van der Waals surface area (Å²) in [5, 5.41) is 17.8. The SMILES string of the molecule is CC(C)(C)OC(=O)NCC(=O)N1CCC[C@H]1c1nc2ccc([C@@H]3CC[C@@](c4ccc(N5CCCCC5)c(F)c4)(c4ccc5nc([C@@H]6CCCN6C(=O)CNC(=O)O)[nH]c5c4)N3)cc2[nH]1. The van der Waals surface area contributed by atoms with Crippen LogP contribution in [0.5, 0.6) is 0 Å². The Morgan fingerprint density at radius 1 is 0.766 bits per heavy atom. The molecule has 0 radical (unpaired) electrons. The molecule has 0 spiro atoms. The average Bonchev–Trinajstić information content (AvgIpc) is 4.12. The zero-order valence-corrected chi connectivity index (χ0v) is 36.6. The van der Waals surface area contributed by atoms with Gasteiger partial charge in [-0.05, 0) is 132 Å². The van der Waals surface area contributed by atoms with E-state index in [9.17, 15) is 19.2 Å². The number of aromatic nitrogens is 4. The summed E-state index contributed by atoms with van der Waals surface area (Å²) in [4.78, 5) is 72.1. The smallest absolute Gasteiger partial charge is 0.408 e. The number of hydrogen-bond donors (Lipinski definition) is 6. The number of likely N-dealkylation sites (tertiary alicyclic amines) is 2. The lowest BCUT2D eigenvalue weighted by atomic mass is 9.81. The third-order valence-corrected chi connectivity index (χ3v) is 13.2. The number of carboxylic acid groups (broad SMARTS) is 1. The number of aromatic amines is 2. The van der Waals surface area contributed by atoms with E-state index in [0.29, 0.717) is 43.3 Å². The Morgan fingerprint density at radius 2 is 1.36 bits per heavy atom. The monoisotopic (exact) mass is 876 g/mol. The molecule has 0 unspecified atom stereocenters. The molecule has 0 aliphatic carbocycles. The van der Waals surface area contributed by atoms with Gasteiger partial charge < -0.3 is 45.1 Å². The van der Waals surface area contributed by atoms with Gasteiger partial charge in [-0.1, -0.05) is 18.2 Å². The fourth-order valence-electron chi connectivity index (χ4n) is 10.2. The Bertz CT molecular complexity index is 2580. The summed E-state index contributed by atoms with van der Waals surface area (Å²) in [6, 6.07) is 17.3. The second kappa shape index (κ2) is 17.4. The summed E-state index contributed by atoms with van der Waals surface area (Å²) in [5.41, 5.74) is 5.16. The molecule has 6 N–H and O–H groups in total. The first-order valence-electron chi connectivity index (χ1n) is 22.6. The van der Waals surface area contributed by atoms with Crippen LogP contribution in [0.4, 0.5) is 19.7 Å². The van der Waals surface area contributed by atoms with E-state index in [-0.39, 0.29) is 48.8 Å². The molecule has 4 saturated heterocycles. The van der Waals surface area contributed by atoms with Crippen molar-refractivity contribution < 1.29 is 33.4 Å². The lowest BCUT2D eigenvalue weighted by Gasteiger charge is -2.34. The molecule has 5 aromatic rings. The number of nitrogens with one attached hydrogen (secondary N) is 5. The summed E-state index contributed by atoms with van der Waals surface area (Å²) in [6.07, 6.45) is 5.82. The fourth-order valence-corrected chi connectivity index (χ4v) is 10.2. The van der Waals surface area contributed by atoms with Crippen molar-refractivity contribution in [2.24, 2.45) is 0 Å². The standard InChI is InChI=1S/C47H57FN10O6/c1-46(2,3)64-45(63)50-27-41(60)58-22-8-9-38(58)42-51-33-14-11-28(23-35(33)53-42)32-17-18-47(55-32,29-13-16-37(31(48)24-29)56-19-5-4-6-20-56)30-12-15-34-36(25-30)54-43(52-34)39-10-7-21-57(39)40(59)26-49-44(61)62/h11-16,23-25,32,38-39,49,55H,4-10,17-22,26-27H2,1-3H3,(H,50,63)(H,51,53)(H,52,54)(H,61,62)/t32-,38-,39-,47+/m0/s1. The quantitative estimate of drug-likeness (QED) is 0.0844. The second-order valence-electron chi connectivity index (χ2n) is 18.6. The number of anilines is 1. The molecule has 6 heterocycles. The Balaban J connectivity index is 0.994. The van der Waals surface area contributed by atoms with Crippen LogP contribution in [0.3, 0.4) is 0 Å². The van der Waals surface area contributed by atoms with Gasteiger partial charge in [0.15, 0.2) is 0 Å².